The zero-order chi connectivity index (χ0) is 16.3. The quantitative estimate of drug-likeness (QED) is 0.914. The fraction of sp³-hybridized carbons (Fsp3) is 0.267. The van der Waals surface area contributed by atoms with Gasteiger partial charge in [-0.05, 0) is 32.9 Å². The molecular weight excluding hydrogens is 290 g/mol. The summed E-state index contributed by atoms with van der Waals surface area (Å²) in [6, 6.07) is 3.40. The second-order valence-electron chi connectivity index (χ2n) is 5.74. The average molecular weight is 306 g/mol. The summed E-state index contributed by atoms with van der Waals surface area (Å²) in [6.45, 7) is 5.58. The van der Waals surface area contributed by atoms with Gasteiger partial charge in [-0.15, -0.1) is 0 Å². The molecular formula is C15H16F2N4O. The highest BCUT2D eigenvalue weighted by atomic mass is 19.2. The molecule has 2 rings (SSSR count). The normalized spacial score (nSPS) is 11.1. The van der Waals surface area contributed by atoms with E-state index >= 15 is 0 Å². The molecule has 0 unspecified atom stereocenters. The molecule has 0 aliphatic heterocycles. The van der Waals surface area contributed by atoms with Gasteiger partial charge in [0.1, 0.15) is 11.5 Å². The van der Waals surface area contributed by atoms with Gasteiger partial charge in [-0.2, -0.15) is 0 Å². The Bertz CT molecular complexity index is 681. The van der Waals surface area contributed by atoms with Crippen LogP contribution in [-0.2, 0) is 0 Å². The van der Waals surface area contributed by atoms with Crippen molar-refractivity contribution in [3.8, 4) is 0 Å². The van der Waals surface area contributed by atoms with Crippen LogP contribution in [0.15, 0.2) is 30.6 Å². The molecule has 0 spiro atoms. The Hall–Kier alpha value is -2.57. The molecule has 0 saturated carbocycles. The van der Waals surface area contributed by atoms with Crippen LogP contribution in [0.4, 0.5) is 20.3 Å². The summed E-state index contributed by atoms with van der Waals surface area (Å²) in [5.41, 5.74) is 0.132. The number of nitrogens with one attached hydrogen (secondary N) is 2. The van der Waals surface area contributed by atoms with Gasteiger partial charge in [0.15, 0.2) is 11.6 Å². The monoisotopic (exact) mass is 306 g/mol. The minimum atomic E-state index is -0.959. The van der Waals surface area contributed by atoms with Crippen LogP contribution in [0.3, 0.4) is 0 Å². The largest absolute Gasteiger partial charge is 0.346 e. The predicted molar refractivity (Wildman–Crippen MR) is 78.9 cm³/mol. The smallest absolute Gasteiger partial charge is 0.271 e. The number of halogens is 2. The molecule has 2 aromatic rings. The third kappa shape index (κ3) is 4.21. The molecule has 0 bridgehead atoms. The lowest BCUT2D eigenvalue weighted by Gasteiger charge is -2.19. The number of hydrogen-bond donors (Lipinski definition) is 2. The predicted octanol–water partition coefficient (Wildman–Crippen LogP) is 3.03. The van der Waals surface area contributed by atoms with Gasteiger partial charge in [-0.1, -0.05) is 0 Å². The van der Waals surface area contributed by atoms with Gasteiger partial charge in [0.2, 0.25) is 0 Å². The van der Waals surface area contributed by atoms with E-state index in [-0.39, 0.29) is 17.1 Å². The van der Waals surface area contributed by atoms with Crippen LogP contribution in [-0.4, -0.2) is 21.4 Å². The number of hydrogen-bond acceptors (Lipinski definition) is 4. The van der Waals surface area contributed by atoms with Crippen molar-refractivity contribution in [3.05, 3.63) is 47.9 Å². The van der Waals surface area contributed by atoms with E-state index in [1.807, 2.05) is 20.8 Å². The highest BCUT2D eigenvalue weighted by Gasteiger charge is 2.16. The molecule has 1 amide bonds. The van der Waals surface area contributed by atoms with E-state index in [9.17, 15) is 13.6 Å². The van der Waals surface area contributed by atoms with Crippen molar-refractivity contribution >= 4 is 17.4 Å². The topological polar surface area (TPSA) is 66.9 Å². The Morgan fingerprint density at radius 1 is 1.09 bits per heavy atom. The number of carbonyl (C=O) groups excluding carboxylic acids is 1. The Labute approximate surface area is 126 Å². The Balaban J connectivity index is 2.08. The number of nitrogens with zero attached hydrogens (tertiary/aromatic N) is 2. The molecule has 0 fully saturated rings. The molecule has 0 radical (unpaired) electrons. The maximum Gasteiger partial charge on any atom is 0.271 e. The van der Waals surface area contributed by atoms with Crippen molar-refractivity contribution in [2.75, 3.05) is 5.32 Å². The highest BCUT2D eigenvalue weighted by Crippen LogP contribution is 2.17. The molecule has 0 aliphatic rings. The maximum absolute atomic E-state index is 13.1. The molecule has 0 atom stereocenters. The second-order valence-corrected chi connectivity index (χ2v) is 5.74. The minimum absolute atomic E-state index is 0.172. The van der Waals surface area contributed by atoms with Crippen LogP contribution in [0, 0.1) is 11.6 Å². The van der Waals surface area contributed by atoms with Crippen molar-refractivity contribution in [2.45, 2.75) is 26.3 Å². The fourth-order valence-electron chi connectivity index (χ4n) is 1.64. The molecule has 1 heterocycles. The summed E-state index contributed by atoms with van der Waals surface area (Å²) >= 11 is 0. The number of rotatable bonds is 3. The van der Waals surface area contributed by atoms with E-state index in [0.717, 1.165) is 12.1 Å². The van der Waals surface area contributed by atoms with Crippen LogP contribution in [0.5, 0.6) is 0 Å². The van der Waals surface area contributed by atoms with Gasteiger partial charge in [-0.3, -0.25) is 4.79 Å². The Morgan fingerprint density at radius 3 is 2.36 bits per heavy atom. The van der Waals surface area contributed by atoms with Gasteiger partial charge < -0.3 is 10.6 Å². The lowest BCUT2D eigenvalue weighted by molar-refractivity contribution is 0.0914. The first-order valence-electron chi connectivity index (χ1n) is 6.61. The molecule has 0 aliphatic carbocycles. The third-order valence-electron chi connectivity index (χ3n) is 2.57. The lowest BCUT2D eigenvalue weighted by Crippen LogP contribution is -2.40. The maximum atomic E-state index is 13.1. The minimum Gasteiger partial charge on any atom is -0.346 e. The van der Waals surface area contributed by atoms with Gasteiger partial charge in [0.05, 0.1) is 12.4 Å². The van der Waals surface area contributed by atoms with Crippen LogP contribution in [0.1, 0.15) is 31.3 Å². The number of carbonyl (C=O) groups is 1. The zero-order valence-corrected chi connectivity index (χ0v) is 12.4. The summed E-state index contributed by atoms with van der Waals surface area (Å²) in [5, 5.41) is 5.54. The third-order valence-corrected chi connectivity index (χ3v) is 2.57. The molecule has 0 saturated heterocycles. The van der Waals surface area contributed by atoms with E-state index in [2.05, 4.69) is 20.6 Å². The fourth-order valence-corrected chi connectivity index (χ4v) is 1.64. The number of amides is 1. The van der Waals surface area contributed by atoms with E-state index in [1.54, 1.807) is 0 Å². The number of anilines is 2. The summed E-state index contributed by atoms with van der Waals surface area (Å²) < 4.78 is 25.9. The summed E-state index contributed by atoms with van der Waals surface area (Å²) in [5.74, 6) is -1.90. The molecule has 22 heavy (non-hydrogen) atoms. The van der Waals surface area contributed by atoms with E-state index in [0.29, 0.717) is 11.5 Å². The van der Waals surface area contributed by atoms with Crippen molar-refractivity contribution in [1.29, 1.82) is 0 Å². The van der Waals surface area contributed by atoms with Crippen LogP contribution in [0.25, 0.3) is 0 Å². The lowest BCUT2D eigenvalue weighted by atomic mass is 10.1. The van der Waals surface area contributed by atoms with Gasteiger partial charge in [0.25, 0.3) is 5.91 Å². The van der Waals surface area contributed by atoms with Crippen LogP contribution in [0.2, 0.25) is 0 Å². The van der Waals surface area contributed by atoms with Crippen molar-refractivity contribution in [3.63, 3.8) is 0 Å². The van der Waals surface area contributed by atoms with Crippen LogP contribution >= 0.6 is 0 Å². The van der Waals surface area contributed by atoms with Crippen LogP contribution < -0.4 is 10.6 Å². The summed E-state index contributed by atoms with van der Waals surface area (Å²) in [4.78, 5) is 19.9. The number of aromatic nitrogens is 2. The SMILES string of the molecule is CC(C)(C)NC(=O)c1cnc(Nc2ccc(F)c(F)c2)cn1. The first kappa shape index (κ1) is 15.8. The molecule has 5 nitrogen and oxygen atoms in total. The van der Waals surface area contributed by atoms with E-state index in [4.69, 9.17) is 0 Å². The first-order valence-corrected chi connectivity index (χ1v) is 6.61. The molecule has 2 N–H and O–H groups in total. The van der Waals surface area contributed by atoms with Crippen molar-refractivity contribution in [2.24, 2.45) is 0 Å². The molecule has 1 aromatic heterocycles. The molecule has 116 valence electrons. The molecule has 7 heteroatoms. The van der Waals surface area contributed by atoms with E-state index < -0.39 is 11.6 Å². The molecule has 1 aromatic carbocycles. The Morgan fingerprint density at radius 2 is 1.82 bits per heavy atom. The second kappa shape index (κ2) is 6.05. The van der Waals surface area contributed by atoms with Crippen molar-refractivity contribution in [1.82, 2.24) is 15.3 Å². The standard InChI is InChI=1S/C15H16F2N4O/c1-15(2,3)21-14(22)12-7-19-13(8-18-12)20-9-4-5-10(16)11(17)6-9/h4-8H,1-3H3,(H,19,20)(H,21,22). The van der Waals surface area contributed by atoms with Gasteiger partial charge in [-0.25, -0.2) is 18.7 Å². The summed E-state index contributed by atoms with van der Waals surface area (Å²) in [7, 11) is 0. The van der Waals surface area contributed by atoms with Crippen molar-refractivity contribution < 1.29 is 13.6 Å². The first-order chi connectivity index (χ1) is 10.2. The highest BCUT2D eigenvalue weighted by molar-refractivity contribution is 5.92. The summed E-state index contributed by atoms with van der Waals surface area (Å²) in [6.07, 6.45) is 2.65. The Kier molecular flexibility index (Phi) is 4.35. The van der Waals surface area contributed by atoms with Gasteiger partial charge >= 0.3 is 0 Å². The van der Waals surface area contributed by atoms with E-state index in [1.165, 1.54) is 18.5 Å². The zero-order valence-electron chi connectivity index (χ0n) is 12.4. The number of benzene rings is 1. The average Bonchev–Trinajstić information content (AvgIpc) is 2.42. The van der Waals surface area contributed by atoms with Gasteiger partial charge in [0, 0.05) is 17.3 Å².